The molecule has 120 valence electrons. The first-order valence-electron chi connectivity index (χ1n) is 7.71. The van der Waals surface area contributed by atoms with E-state index in [1.807, 2.05) is 61.5 Å². The Kier molecular flexibility index (Phi) is 4.05. The summed E-state index contributed by atoms with van der Waals surface area (Å²) in [4.78, 5) is 18.4. The highest BCUT2D eigenvalue weighted by atomic mass is 16.5. The molecule has 1 atom stereocenters. The molecule has 0 radical (unpaired) electrons. The molecule has 1 heterocycles. The smallest absolute Gasteiger partial charge is 0.416 e. The van der Waals surface area contributed by atoms with Crippen LogP contribution in [-0.4, -0.2) is 24.6 Å². The molecular weight excluding hydrogens is 302 g/mol. The molecule has 0 N–H and O–H groups in total. The van der Waals surface area contributed by atoms with Crippen molar-refractivity contribution in [1.29, 1.82) is 5.26 Å². The lowest BCUT2D eigenvalue weighted by atomic mass is 9.93. The third-order valence-corrected chi connectivity index (χ3v) is 4.14. The molecule has 2 aromatic rings. The first-order valence-corrected chi connectivity index (χ1v) is 7.71. The average Bonchev–Trinajstić information content (AvgIpc) is 2.66. The number of anilines is 1. The third kappa shape index (κ3) is 2.33. The van der Waals surface area contributed by atoms with Crippen LogP contribution in [0.5, 0.6) is 0 Å². The summed E-state index contributed by atoms with van der Waals surface area (Å²) in [5.74, 6) is 0. The predicted molar refractivity (Wildman–Crippen MR) is 92.0 cm³/mol. The van der Waals surface area contributed by atoms with Crippen LogP contribution in [-0.2, 0) is 4.74 Å². The van der Waals surface area contributed by atoms with Crippen molar-refractivity contribution >= 4 is 17.5 Å². The van der Waals surface area contributed by atoms with E-state index < -0.39 is 11.8 Å². The summed E-state index contributed by atoms with van der Waals surface area (Å²) >= 11 is 0. The van der Waals surface area contributed by atoms with Crippen molar-refractivity contribution in [3.05, 3.63) is 65.7 Å². The van der Waals surface area contributed by atoms with Crippen molar-refractivity contribution in [1.82, 2.24) is 0 Å². The standard InChI is InChI=1S/C19H17N3O2/c1-3-19(13-20)21-17(14-9-5-4-6-10-14)15-11-7-8-12-16(15)22(19)18(23)24-2/h4-12H,3H2,1-2H3. The Hall–Kier alpha value is -3.13. The second-order valence-electron chi connectivity index (χ2n) is 5.43. The number of nitriles is 1. The fourth-order valence-electron chi connectivity index (χ4n) is 2.91. The Labute approximate surface area is 140 Å². The quantitative estimate of drug-likeness (QED) is 0.847. The number of aliphatic imine (C=N–C) groups is 1. The maximum absolute atomic E-state index is 12.4. The SMILES string of the molecule is CCC1(C#N)N=C(c2ccccc2)c2ccccc2N1C(=O)OC. The minimum Gasteiger partial charge on any atom is -0.452 e. The zero-order chi connectivity index (χ0) is 17.2. The highest BCUT2D eigenvalue weighted by Crippen LogP contribution is 2.38. The molecule has 0 saturated carbocycles. The number of amides is 1. The summed E-state index contributed by atoms with van der Waals surface area (Å²) in [6.07, 6.45) is -0.245. The molecule has 5 heteroatoms. The molecule has 0 aromatic heterocycles. The number of fused-ring (bicyclic) bond motifs is 1. The summed E-state index contributed by atoms with van der Waals surface area (Å²) in [6.45, 7) is 1.83. The molecule has 0 aliphatic carbocycles. The molecule has 0 fully saturated rings. The first kappa shape index (κ1) is 15.8. The Morgan fingerprint density at radius 2 is 1.88 bits per heavy atom. The number of ether oxygens (including phenoxy) is 1. The molecule has 1 aliphatic heterocycles. The van der Waals surface area contributed by atoms with E-state index in [0.29, 0.717) is 17.8 Å². The van der Waals surface area contributed by atoms with Crippen LogP contribution in [0.1, 0.15) is 24.5 Å². The Morgan fingerprint density at radius 1 is 1.21 bits per heavy atom. The number of nitrogens with zero attached hydrogens (tertiary/aromatic N) is 3. The van der Waals surface area contributed by atoms with Crippen molar-refractivity contribution < 1.29 is 9.53 Å². The first-order chi connectivity index (χ1) is 11.7. The van der Waals surface area contributed by atoms with Gasteiger partial charge in [-0.25, -0.2) is 14.7 Å². The van der Waals surface area contributed by atoms with E-state index in [2.05, 4.69) is 6.07 Å². The number of rotatable bonds is 2. The van der Waals surface area contributed by atoms with Crippen LogP contribution in [0, 0.1) is 11.3 Å². The molecular formula is C19H17N3O2. The van der Waals surface area contributed by atoms with E-state index in [1.54, 1.807) is 0 Å². The van der Waals surface area contributed by atoms with Gasteiger partial charge >= 0.3 is 6.09 Å². The van der Waals surface area contributed by atoms with E-state index >= 15 is 0 Å². The highest BCUT2D eigenvalue weighted by Gasteiger charge is 2.45. The second-order valence-corrected chi connectivity index (χ2v) is 5.43. The van der Waals surface area contributed by atoms with Gasteiger partial charge in [-0.05, 0) is 6.07 Å². The number of para-hydroxylation sites is 1. The number of carbonyl (C=O) groups is 1. The summed E-state index contributed by atoms with van der Waals surface area (Å²) in [5.41, 5.74) is 1.71. The Bertz CT molecular complexity index is 839. The highest BCUT2D eigenvalue weighted by molar-refractivity contribution is 6.19. The number of benzene rings is 2. The maximum atomic E-state index is 12.4. The van der Waals surface area contributed by atoms with Gasteiger partial charge in [0.15, 0.2) is 0 Å². The zero-order valence-electron chi connectivity index (χ0n) is 13.6. The number of carbonyl (C=O) groups excluding carboxylic acids is 1. The summed E-state index contributed by atoms with van der Waals surface area (Å²) in [7, 11) is 1.30. The molecule has 0 bridgehead atoms. The van der Waals surface area contributed by atoms with Crippen molar-refractivity contribution in [3.63, 3.8) is 0 Å². The molecule has 3 rings (SSSR count). The van der Waals surface area contributed by atoms with Crippen LogP contribution in [0.3, 0.4) is 0 Å². The zero-order valence-corrected chi connectivity index (χ0v) is 13.6. The molecule has 1 amide bonds. The van der Waals surface area contributed by atoms with Gasteiger partial charge in [0.2, 0.25) is 5.66 Å². The molecule has 5 nitrogen and oxygen atoms in total. The van der Waals surface area contributed by atoms with Crippen molar-refractivity contribution in [2.75, 3.05) is 12.0 Å². The summed E-state index contributed by atoms with van der Waals surface area (Å²) in [5, 5.41) is 9.84. The van der Waals surface area contributed by atoms with Crippen molar-refractivity contribution in [3.8, 4) is 6.07 Å². The molecule has 0 saturated heterocycles. The number of hydrogen-bond donors (Lipinski definition) is 0. The van der Waals surface area contributed by atoms with Crippen LogP contribution in [0.2, 0.25) is 0 Å². The van der Waals surface area contributed by atoms with Gasteiger partial charge in [0.1, 0.15) is 6.07 Å². The third-order valence-electron chi connectivity index (χ3n) is 4.14. The van der Waals surface area contributed by atoms with E-state index in [0.717, 1.165) is 11.1 Å². The second kappa shape index (κ2) is 6.17. The monoisotopic (exact) mass is 319 g/mol. The van der Waals surface area contributed by atoms with Gasteiger partial charge in [-0.3, -0.25) is 0 Å². The van der Waals surface area contributed by atoms with Crippen molar-refractivity contribution in [2.24, 2.45) is 4.99 Å². The lowest BCUT2D eigenvalue weighted by molar-refractivity contribution is 0.172. The molecule has 1 aliphatic rings. The molecule has 1 unspecified atom stereocenters. The lowest BCUT2D eigenvalue weighted by Crippen LogP contribution is -2.53. The van der Waals surface area contributed by atoms with Crippen LogP contribution in [0.25, 0.3) is 0 Å². The molecule has 2 aromatic carbocycles. The van der Waals surface area contributed by atoms with E-state index in [1.165, 1.54) is 12.0 Å². The van der Waals surface area contributed by atoms with Gasteiger partial charge in [0.25, 0.3) is 0 Å². The van der Waals surface area contributed by atoms with E-state index in [-0.39, 0.29) is 0 Å². The molecule has 0 spiro atoms. The number of methoxy groups -OCH3 is 1. The van der Waals surface area contributed by atoms with Crippen LogP contribution >= 0.6 is 0 Å². The van der Waals surface area contributed by atoms with E-state index in [4.69, 9.17) is 9.73 Å². The number of hydrogen-bond acceptors (Lipinski definition) is 4. The summed E-state index contributed by atoms with van der Waals surface area (Å²) in [6, 6.07) is 19.3. The van der Waals surface area contributed by atoms with Gasteiger partial charge in [-0.15, -0.1) is 0 Å². The van der Waals surface area contributed by atoms with E-state index in [9.17, 15) is 10.1 Å². The Balaban J connectivity index is 2.31. The minimum absolute atomic E-state index is 0.350. The fourth-order valence-corrected chi connectivity index (χ4v) is 2.91. The normalized spacial score (nSPS) is 19.0. The van der Waals surface area contributed by atoms with Gasteiger partial charge in [-0.2, -0.15) is 5.26 Å². The lowest BCUT2D eigenvalue weighted by Gasteiger charge is -2.39. The van der Waals surface area contributed by atoms with Crippen molar-refractivity contribution in [2.45, 2.75) is 19.0 Å². The molecule has 24 heavy (non-hydrogen) atoms. The predicted octanol–water partition coefficient (Wildman–Crippen LogP) is 3.74. The topological polar surface area (TPSA) is 65.7 Å². The van der Waals surface area contributed by atoms with Crippen LogP contribution in [0.4, 0.5) is 10.5 Å². The van der Waals surface area contributed by atoms with Crippen LogP contribution in [0.15, 0.2) is 59.6 Å². The van der Waals surface area contributed by atoms with Gasteiger partial charge < -0.3 is 4.74 Å². The van der Waals surface area contributed by atoms with Gasteiger partial charge in [0, 0.05) is 17.5 Å². The Morgan fingerprint density at radius 3 is 2.50 bits per heavy atom. The average molecular weight is 319 g/mol. The van der Waals surface area contributed by atoms with Gasteiger partial charge in [0.05, 0.1) is 18.5 Å². The largest absolute Gasteiger partial charge is 0.452 e. The summed E-state index contributed by atoms with van der Waals surface area (Å²) < 4.78 is 4.91. The van der Waals surface area contributed by atoms with Gasteiger partial charge in [-0.1, -0.05) is 55.5 Å². The fraction of sp³-hybridized carbons (Fsp3) is 0.211. The minimum atomic E-state index is -1.33. The maximum Gasteiger partial charge on any atom is 0.416 e. The van der Waals surface area contributed by atoms with Crippen LogP contribution < -0.4 is 4.90 Å².